The summed E-state index contributed by atoms with van der Waals surface area (Å²) in [5.74, 6) is 0.759. The van der Waals surface area contributed by atoms with Crippen molar-refractivity contribution in [2.45, 2.75) is 25.7 Å². The van der Waals surface area contributed by atoms with Gasteiger partial charge in [-0.05, 0) is 56.5 Å². The van der Waals surface area contributed by atoms with Crippen LogP contribution in [0.5, 0.6) is 0 Å². The molecule has 2 aromatic rings. The van der Waals surface area contributed by atoms with Crippen LogP contribution in [0.25, 0.3) is 0 Å². The van der Waals surface area contributed by atoms with Crippen LogP contribution in [0.15, 0.2) is 54.6 Å². The highest BCUT2D eigenvalue weighted by molar-refractivity contribution is 5.94. The van der Waals surface area contributed by atoms with Crippen molar-refractivity contribution in [2.24, 2.45) is 5.92 Å². The summed E-state index contributed by atoms with van der Waals surface area (Å²) in [4.78, 5) is 17.1. The molecule has 1 unspecified atom stereocenters. The van der Waals surface area contributed by atoms with Gasteiger partial charge in [-0.2, -0.15) is 0 Å². The number of aryl methyl sites for hydroxylation is 1. The Labute approximate surface area is 151 Å². The van der Waals surface area contributed by atoms with Crippen LogP contribution in [-0.4, -0.2) is 38.0 Å². The summed E-state index contributed by atoms with van der Waals surface area (Å²) in [5, 5.41) is 0. The van der Waals surface area contributed by atoms with Crippen LogP contribution in [0.2, 0.25) is 0 Å². The molecule has 1 heterocycles. The molecule has 25 heavy (non-hydrogen) atoms. The maximum atomic E-state index is 12.9. The average Bonchev–Trinajstić information content (AvgIpc) is 2.61. The van der Waals surface area contributed by atoms with Gasteiger partial charge in [0.25, 0.3) is 0 Å². The van der Waals surface area contributed by atoms with Crippen LogP contribution in [0.3, 0.4) is 0 Å². The lowest BCUT2D eigenvalue weighted by Gasteiger charge is -2.36. The van der Waals surface area contributed by atoms with Gasteiger partial charge in [-0.3, -0.25) is 4.79 Å². The van der Waals surface area contributed by atoms with Crippen LogP contribution < -0.4 is 4.90 Å². The summed E-state index contributed by atoms with van der Waals surface area (Å²) in [7, 11) is 4.21. The maximum absolute atomic E-state index is 12.9. The van der Waals surface area contributed by atoms with E-state index in [4.69, 9.17) is 0 Å². The molecule has 3 heteroatoms. The molecule has 0 spiro atoms. The molecule has 0 radical (unpaired) electrons. The molecule has 0 saturated carbocycles. The highest BCUT2D eigenvalue weighted by Gasteiger charge is 2.28. The van der Waals surface area contributed by atoms with Gasteiger partial charge in [0.1, 0.15) is 0 Å². The molecule has 0 fully saturated rings. The zero-order valence-corrected chi connectivity index (χ0v) is 15.3. The smallest absolute Gasteiger partial charge is 0.227 e. The van der Waals surface area contributed by atoms with E-state index in [9.17, 15) is 4.79 Å². The molecule has 0 N–H and O–H groups in total. The number of nitrogens with zero attached hydrogens (tertiary/aromatic N) is 2. The first-order valence-corrected chi connectivity index (χ1v) is 9.20. The predicted octanol–water partition coefficient (Wildman–Crippen LogP) is 3.78. The fourth-order valence-electron chi connectivity index (χ4n) is 3.78. The molecule has 0 bridgehead atoms. The van der Waals surface area contributed by atoms with E-state index in [0.29, 0.717) is 12.3 Å². The lowest BCUT2D eigenvalue weighted by molar-refractivity contribution is -0.119. The number of rotatable bonds is 6. The minimum absolute atomic E-state index is 0.256. The quantitative estimate of drug-likeness (QED) is 0.801. The Hall–Kier alpha value is -2.13. The van der Waals surface area contributed by atoms with Gasteiger partial charge >= 0.3 is 0 Å². The second kappa shape index (κ2) is 8.30. The zero-order chi connectivity index (χ0) is 17.6. The monoisotopic (exact) mass is 336 g/mol. The third-order valence-electron chi connectivity index (χ3n) is 4.86. The Morgan fingerprint density at radius 3 is 2.56 bits per heavy atom. The van der Waals surface area contributed by atoms with Crippen molar-refractivity contribution in [3.05, 3.63) is 65.7 Å². The summed E-state index contributed by atoms with van der Waals surface area (Å²) in [6.45, 7) is 1.85. The van der Waals surface area contributed by atoms with Crippen molar-refractivity contribution in [1.82, 2.24) is 4.90 Å². The van der Waals surface area contributed by atoms with Crippen LogP contribution in [0, 0.1) is 5.92 Å². The van der Waals surface area contributed by atoms with E-state index in [1.807, 2.05) is 17.0 Å². The van der Waals surface area contributed by atoms with E-state index in [2.05, 4.69) is 61.5 Å². The fraction of sp³-hybridized carbons (Fsp3) is 0.409. The molecule has 0 aromatic heterocycles. The second-order valence-corrected chi connectivity index (χ2v) is 7.30. The van der Waals surface area contributed by atoms with E-state index in [-0.39, 0.29) is 5.91 Å². The predicted molar refractivity (Wildman–Crippen MR) is 104 cm³/mol. The molecule has 1 aliphatic heterocycles. The molecular formula is C22H28N2O. The lowest BCUT2D eigenvalue weighted by atomic mass is 9.91. The normalized spacial score (nSPS) is 16.8. The van der Waals surface area contributed by atoms with Gasteiger partial charge in [-0.25, -0.2) is 0 Å². The van der Waals surface area contributed by atoms with Gasteiger partial charge in [0.2, 0.25) is 5.91 Å². The SMILES string of the molecule is CN(C)CC1Cc2ccccc2N(C(=O)CCCc2ccccc2)C1. The molecule has 1 amide bonds. The number of carbonyl (C=O) groups excluding carboxylic acids is 1. The van der Waals surface area contributed by atoms with Gasteiger partial charge in [-0.1, -0.05) is 48.5 Å². The third-order valence-corrected chi connectivity index (χ3v) is 4.86. The van der Waals surface area contributed by atoms with E-state index in [1.54, 1.807) is 0 Å². The van der Waals surface area contributed by atoms with Crippen molar-refractivity contribution in [3.63, 3.8) is 0 Å². The maximum Gasteiger partial charge on any atom is 0.227 e. The van der Waals surface area contributed by atoms with E-state index < -0.39 is 0 Å². The topological polar surface area (TPSA) is 23.6 Å². The van der Waals surface area contributed by atoms with E-state index >= 15 is 0 Å². The van der Waals surface area contributed by atoms with Crippen LogP contribution >= 0.6 is 0 Å². The summed E-state index contributed by atoms with van der Waals surface area (Å²) in [6, 6.07) is 18.8. The van der Waals surface area contributed by atoms with Gasteiger partial charge in [0.05, 0.1) is 0 Å². The van der Waals surface area contributed by atoms with Crippen molar-refractivity contribution in [1.29, 1.82) is 0 Å². The number of para-hydroxylation sites is 1. The molecule has 1 aliphatic rings. The van der Waals surface area contributed by atoms with E-state index in [0.717, 1.165) is 38.0 Å². The van der Waals surface area contributed by atoms with Crippen LogP contribution in [-0.2, 0) is 17.6 Å². The first-order chi connectivity index (χ1) is 12.1. The number of benzene rings is 2. The molecule has 3 nitrogen and oxygen atoms in total. The second-order valence-electron chi connectivity index (χ2n) is 7.30. The number of anilines is 1. The summed E-state index contributed by atoms with van der Waals surface area (Å²) < 4.78 is 0. The van der Waals surface area contributed by atoms with Crippen molar-refractivity contribution in [2.75, 3.05) is 32.1 Å². The molecule has 0 saturated heterocycles. The molecule has 0 aliphatic carbocycles. The fourth-order valence-corrected chi connectivity index (χ4v) is 3.78. The van der Waals surface area contributed by atoms with Gasteiger partial charge in [-0.15, -0.1) is 0 Å². The zero-order valence-electron chi connectivity index (χ0n) is 15.3. The average molecular weight is 336 g/mol. The van der Waals surface area contributed by atoms with Gasteiger partial charge < -0.3 is 9.80 Å². The summed E-state index contributed by atoms with van der Waals surface area (Å²) in [6.07, 6.45) is 3.53. The molecular weight excluding hydrogens is 308 g/mol. The Bertz CT molecular complexity index is 696. The van der Waals surface area contributed by atoms with Crippen molar-refractivity contribution in [3.8, 4) is 0 Å². The summed E-state index contributed by atoms with van der Waals surface area (Å²) >= 11 is 0. The lowest BCUT2D eigenvalue weighted by Crippen LogP contribution is -2.43. The number of amides is 1. The number of fused-ring (bicyclic) bond motifs is 1. The van der Waals surface area contributed by atoms with Crippen LogP contribution in [0.1, 0.15) is 24.0 Å². The van der Waals surface area contributed by atoms with Gasteiger partial charge in [0.15, 0.2) is 0 Å². The van der Waals surface area contributed by atoms with Crippen LogP contribution in [0.4, 0.5) is 5.69 Å². The first kappa shape index (κ1) is 17.7. The van der Waals surface area contributed by atoms with E-state index in [1.165, 1.54) is 11.1 Å². The molecule has 132 valence electrons. The summed E-state index contributed by atoms with van der Waals surface area (Å²) in [5.41, 5.74) is 3.72. The highest BCUT2D eigenvalue weighted by atomic mass is 16.2. The number of hydrogen-bond donors (Lipinski definition) is 0. The third kappa shape index (κ3) is 4.70. The largest absolute Gasteiger partial charge is 0.312 e. The Morgan fingerprint density at radius 1 is 1.08 bits per heavy atom. The molecule has 3 rings (SSSR count). The Balaban J connectivity index is 1.65. The highest BCUT2D eigenvalue weighted by Crippen LogP contribution is 2.30. The Morgan fingerprint density at radius 2 is 1.80 bits per heavy atom. The number of hydrogen-bond acceptors (Lipinski definition) is 2. The standard InChI is InChI=1S/C22H28N2O/c1-23(2)16-19-15-20-12-6-7-13-21(20)24(17-19)22(25)14-8-11-18-9-4-3-5-10-18/h3-7,9-10,12-13,19H,8,11,14-17H2,1-2H3. The Kier molecular flexibility index (Phi) is 5.87. The van der Waals surface area contributed by atoms with Gasteiger partial charge in [0, 0.05) is 25.2 Å². The first-order valence-electron chi connectivity index (χ1n) is 9.20. The minimum atomic E-state index is 0.256. The van der Waals surface area contributed by atoms with Crippen molar-refractivity contribution >= 4 is 11.6 Å². The molecule has 1 atom stereocenters. The van der Waals surface area contributed by atoms with Crippen molar-refractivity contribution < 1.29 is 4.79 Å². The number of carbonyl (C=O) groups is 1. The minimum Gasteiger partial charge on any atom is -0.312 e. The molecule has 2 aromatic carbocycles.